The maximum absolute atomic E-state index is 12.7. The summed E-state index contributed by atoms with van der Waals surface area (Å²) in [5.41, 5.74) is 6.73. The fourth-order valence-electron chi connectivity index (χ4n) is 3.15. The number of benzene rings is 1. The molecular weight excluding hydrogens is 514 g/mol. The third kappa shape index (κ3) is 10.6. The molecule has 0 amide bonds. The van der Waals surface area contributed by atoms with Crippen molar-refractivity contribution in [2.24, 2.45) is 41.2 Å². The topological polar surface area (TPSA) is 131 Å². The summed E-state index contributed by atoms with van der Waals surface area (Å²) < 4.78 is 22.1. The predicted octanol–water partition coefficient (Wildman–Crippen LogP) is 5.11. The Balaban J connectivity index is 3.03. The van der Waals surface area contributed by atoms with Crippen molar-refractivity contribution in [3.05, 3.63) is 23.8 Å². The van der Waals surface area contributed by atoms with Gasteiger partial charge in [0, 0.05) is 0 Å². The van der Waals surface area contributed by atoms with Gasteiger partial charge in [0.25, 0.3) is 0 Å². The second kappa shape index (κ2) is 15.7. The van der Waals surface area contributed by atoms with Crippen molar-refractivity contribution in [2.45, 2.75) is 101 Å². The van der Waals surface area contributed by atoms with E-state index in [1.165, 1.54) is 6.07 Å². The maximum Gasteiger partial charge on any atom is 0.323 e. The molecule has 1 rings (SSSR count). The van der Waals surface area contributed by atoms with E-state index in [0.717, 1.165) is 0 Å². The van der Waals surface area contributed by atoms with Crippen LogP contribution in [-0.4, -0.2) is 42.1 Å². The first kappa shape index (κ1) is 35.1. The van der Waals surface area contributed by atoms with Crippen LogP contribution in [0, 0.1) is 35.5 Å². The molecule has 0 aliphatic heterocycles. The minimum atomic E-state index is -1.03. The molecule has 0 radical (unpaired) electrons. The monoisotopic (exact) mass is 563 g/mol. The molecule has 3 unspecified atom stereocenters. The SMILES string of the molecule is CC(C)C(C)C(=O)Oc1ccc(C[C@H](N)C(=O)O[C@@H](C)[C@H](C)OC(=O)C(C)C(C)C)cc1OC(=O)C(C)C(C)C. The molecule has 2 N–H and O–H groups in total. The number of hydrogen-bond acceptors (Lipinski definition) is 9. The Morgan fingerprint density at radius 1 is 0.600 bits per heavy atom. The van der Waals surface area contributed by atoms with Crippen LogP contribution in [0.15, 0.2) is 18.2 Å². The van der Waals surface area contributed by atoms with E-state index in [4.69, 9.17) is 24.7 Å². The van der Waals surface area contributed by atoms with Gasteiger partial charge in [-0.15, -0.1) is 0 Å². The molecule has 0 aliphatic carbocycles. The van der Waals surface area contributed by atoms with Gasteiger partial charge in [-0.05, 0) is 55.7 Å². The summed E-state index contributed by atoms with van der Waals surface area (Å²) in [6.07, 6.45) is -1.29. The molecule has 0 aliphatic rings. The molecule has 0 saturated carbocycles. The van der Waals surface area contributed by atoms with Crippen LogP contribution in [0.3, 0.4) is 0 Å². The minimum absolute atomic E-state index is 0.0445. The summed E-state index contributed by atoms with van der Waals surface area (Å²) in [4.78, 5) is 50.3. The van der Waals surface area contributed by atoms with Crippen molar-refractivity contribution in [1.82, 2.24) is 0 Å². The molecule has 6 atom stereocenters. The standard InChI is InChI=1S/C31H49NO8/c1-16(2)19(7)28(33)37-22(10)23(11)38-31(36)25(32)14-24-12-13-26(39-29(34)20(8)17(3)4)27(15-24)40-30(35)21(9)18(5)6/h12-13,15-23,25H,14,32H2,1-11H3/t19?,20?,21?,22-,23-,25-/m0/s1. The molecule has 1 aromatic carbocycles. The highest BCUT2D eigenvalue weighted by atomic mass is 16.6. The summed E-state index contributed by atoms with van der Waals surface area (Å²) in [7, 11) is 0. The zero-order valence-corrected chi connectivity index (χ0v) is 26.0. The van der Waals surface area contributed by atoms with Gasteiger partial charge in [0.2, 0.25) is 0 Å². The molecule has 0 saturated heterocycles. The summed E-state index contributed by atoms with van der Waals surface area (Å²) >= 11 is 0. The average molecular weight is 564 g/mol. The molecule has 9 heteroatoms. The van der Waals surface area contributed by atoms with Gasteiger partial charge in [-0.3, -0.25) is 19.2 Å². The third-order valence-corrected chi connectivity index (χ3v) is 7.57. The van der Waals surface area contributed by atoms with Crippen molar-refractivity contribution in [2.75, 3.05) is 0 Å². The average Bonchev–Trinajstić information content (AvgIpc) is 2.87. The van der Waals surface area contributed by atoms with Gasteiger partial charge in [0.1, 0.15) is 18.2 Å². The highest BCUT2D eigenvalue weighted by Gasteiger charge is 2.28. The molecule has 226 valence electrons. The third-order valence-electron chi connectivity index (χ3n) is 7.57. The molecule has 9 nitrogen and oxygen atoms in total. The lowest BCUT2D eigenvalue weighted by Crippen LogP contribution is -2.40. The number of nitrogens with two attached hydrogens (primary N) is 1. The van der Waals surface area contributed by atoms with Crippen LogP contribution < -0.4 is 15.2 Å². The number of hydrogen-bond donors (Lipinski definition) is 1. The number of esters is 4. The Hall–Kier alpha value is -2.94. The normalized spacial score (nSPS) is 16.1. The van der Waals surface area contributed by atoms with E-state index in [-0.39, 0.29) is 59.4 Å². The summed E-state index contributed by atoms with van der Waals surface area (Å²) in [5, 5.41) is 0. The van der Waals surface area contributed by atoms with Gasteiger partial charge in [0.15, 0.2) is 11.5 Å². The van der Waals surface area contributed by atoms with Crippen molar-refractivity contribution in [1.29, 1.82) is 0 Å². The van der Waals surface area contributed by atoms with E-state index >= 15 is 0 Å². The van der Waals surface area contributed by atoms with E-state index in [2.05, 4.69) is 0 Å². The van der Waals surface area contributed by atoms with Gasteiger partial charge >= 0.3 is 23.9 Å². The van der Waals surface area contributed by atoms with Crippen molar-refractivity contribution in [3.8, 4) is 11.5 Å². The first-order valence-corrected chi connectivity index (χ1v) is 14.2. The van der Waals surface area contributed by atoms with Gasteiger partial charge in [-0.25, -0.2) is 0 Å². The number of carbonyl (C=O) groups is 4. The Morgan fingerprint density at radius 2 is 1.00 bits per heavy atom. The van der Waals surface area contributed by atoms with Crippen LogP contribution in [0.4, 0.5) is 0 Å². The van der Waals surface area contributed by atoms with Crippen LogP contribution in [0.25, 0.3) is 0 Å². The van der Waals surface area contributed by atoms with Gasteiger partial charge in [-0.2, -0.15) is 0 Å². The highest BCUT2D eigenvalue weighted by Crippen LogP contribution is 2.31. The van der Waals surface area contributed by atoms with Gasteiger partial charge < -0.3 is 24.7 Å². The number of rotatable bonds is 14. The second-order valence-electron chi connectivity index (χ2n) is 11.8. The number of carbonyl (C=O) groups excluding carboxylic acids is 4. The molecule has 0 bridgehead atoms. The van der Waals surface area contributed by atoms with Crippen molar-refractivity contribution >= 4 is 23.9 Å². The van der Waals surface area contributed by atoms with Gasteiger partial charge in [-0.1, -0.05) is 68.4 Å². The quantitative estimate of drug-likeness (QED) is 0.242. The number of ether oxygens (including phenoxy) is 4. The van der Waals surface area contributed by atoms with Crippen LogP contribution in [0.2, 0.25) is 0 Å². The zero-order valence-electron chi connectivity index (χ0n) is 26.0. The zero-order chi connectivity index (χ0) is 30.9. The molecule has 0 aromatic heterocycles. The van der Waals surface area contributed by atoms with E-state index in [1.807, 2.05) is 41.5 Å². The fraction of sp³-hybridized carbons (Fsp3) is 0.677. The highest BCUT2D eigenvalue weighted by molar-refractivity contribution is 5.79. The molecule has 0 fully saturated rings. The minimum Gasteiger partial charge on any atom is -0.459 e. The van der Waals surface area contributed by atoms with Crippen molar-refractivity contribution < 1.29 is 38.1 Å². The largest absolute Gasteiger partial charge is 0.459 e. The Bertz CT molecular complexity index is 1020. The summed E-state index contributed by atoms with van der Waals surface area (Å²) in [6.45, 7) is 20.1. The smallest absolute Gasteiger partial charge is 0.323 e. The Kier molecular flexibility index (Phi) is 13.8. The molecule has 0 spiro atoms. The lowest BCUT2D eigenvalue weighted by atomic mass is 9.98. The maximum atomic E-state index is 12.7. The van der Waals surface area contributed by atoms with E-state index < -0.39 is 36.2 Å². The van der Waals surface area contributed by atoms with Crippen LogP contribution in [-0.2, 0) is 35.1 Å². The second-order valence-corrected chi connectivity index (χ2v) is 11.8. The van der Waals surface area contributed by atoms with Gasteiger partial charge in [0.05, 0.1) is 17.8 Å². The fourth-order valence-corrected chi connectivity index (χ4v) is 3.15. The molecule has 0 heterocycles. The summed E-state index contributed by atoms with van der Waals surface area (Å²) in [5.74, 6) is -2.54. The molecule has 1 aromatic rings. The van der Waals surface area contributed by atoms with E-state index in [0.29, 0.717) is 5.56 Å². The predicted molar refractivity (Wildman–Crippen MR) is 153 cm³/mol. The van der Waals surface area contributed by atoms with Crippen LogP contribution >= 0.6 is 0 Å². The Labute approximate surface area is 239 Å². The summed E-state index contributed by atoms with van der Waals surface area (Å²) in [6, 6.07) is 3.69. The lowest BCUT2D eigenvalue weighted by Gasteiger charge is -2.24. The van der Waals surface area contributed by atoms with Crippen LogP contribution in [0.5, 0.6) is 11.5 Å². The van der Waals surface area contributed by atoms with E-state index in [9.17, 15) is 19.2 Å². The Morgan fingerprint density at radius 3 is 1.45 bits per heavy atom. The van der Waals surface area contributed by atoms with Crippen molar-refractivity contribution in [3.63, 3.8) is 0 Å². The van der Waals surface area contributed by atoms with E-state index in [1.54, 1.807) is 46.8 Å². The first-order valence-electron chi connectivity index (χ1n) is 14.2. The molecule has 40 heavy (non-hydrogen) atoms. The lowest BCUT2D eigenvalue weighted by molar-refractivity contribution is -0.169. The molecular formula is C31H49NO8. The van der Waals surface area contributed by atoms with Crippen LogP contribution in [0.1, 0.15) is 81.7 Å². The first-order chi connectivity index (χ1) is 18.5.